The van der Waals surface area contributed by atoms with Gasteiger partial charge in [-0.15, -0.1) is 0 Å². The molecule has 1 aliphatic rings. The molecule has 1 aromatic heterocycles. The second kappa shape index (κ2) is 2.85. The van der Waals surface area contributed by atoms with Gasteiger partial charge < -0.3 is 15.3 Å². The van der Waals surface area contributed by atoms with Crippen molar-refractivity contribution in [2.45, 2.75) is 25.3 Å². The van der Waals surface area contributed by atoms with E-state index in [2.05, 4.69) is 4.98 Å². The van der Waals surface area contributed by atoms with Crippen LogP contribution in [0, 0.1) is 0 Å². The fraction of sp³-hybridized carbons (Fsp3) is 0.500. The first-order chi connectivity index (χ1) is 6.22. The van der Waals surface area contributed by atoms with Crippen molar-refractivity contribution in [1.29, 1.82) is 0 Å². The third kappa shape index (κ3) is 1.42. The third-order valence-corrected chi connectivity index (χ3v) is 2.03. The quantitative estimate of drug-likeness (QED) is 0.718. The summed E-state index contributed by atoms with van der Waals surface area (Å²) in [5.74, 6) is -0.361. The summed E-state index contributed by atoms with van der Waals surface area (Å²) in [6.07, 6.45) is 2.06. The van der Waals surface area contributed by atoms with E-state index < -0.39 is 5.97 Å². The van der Waals surface area contributed by atoms with Crippen molar-refractivity contribution in [2.24, 2.45) is 5.73 Å². The largest absolute Gasteiger partial charge is 0.475 e. The summed E-state index contributed by atoms with van der Waals surface area (Å²) in [7, 11) is 0. The summed E-state index contributed by atoms with van der Waals surface area (Å²) in [5.41, 5.74) is 5.68. The molecule has 3 N–H and O–H groups in total. The number of aromatic carboxylic acids is 1. The average molecular weight is 182 g/mol. The summed E-state index contributed by atoms with van der Waals surface area (Å²) in [5, 5.41) is 8.72. The molecule has 2 rings (SSSR count). The minimum absolute atomic E-state index is 0.107. The van der Waals surface area contributed by atoms with E-state index >= 15 is 0 Å². The van der Waals surface area contributed by atoms with Crippen LogP contribution >= 0.6 is 0 Å². The highest BCUT2D eigenvalue weighted by atomic mass is 16.4. The fourth-order valence-electron chi connectivity index (χ4n) is 1.18. The molecule has 0 amide bonds. The summed E-state index contributed by atoms with van der Waals surface area (Å²) in [4.78, 5) is 14.7. The van der Waals surface area contributed by atoms with Gasteiger partial charge in [-0.25, -0.2) is 9.78 Å². The second-order valence-electron chi connectivity index (χ2n) is 3.11. The van der Waals surface area contributed by atoms with Gasteiger partial charge in [0.15, 0.2) is 5.89 Å². The van der Waals surface area contributed by atoms with E-state index in [1.54, 1.807) is 0 Å². The first-order valence-corrected chi connectivity index (χ1v) is 4.15. The number of carboxylic acid groups (broad SMARTS) is 1. The number of carbonyl (C=O) groups is 1. The monoisotopic (exact) mass is 182 g/mol. The first kappa shape index (κ1) is 8.25. The average Bonchev–Trinajstić information content (AvgIpc) is 2.84. The normalized spacial score (nSPS) is 16.1. The molecule has 1 aliphatic carbocycles. The van der Waals surface area contributed by atoms with Crippen molar-refractivity contribution in [3.05, 3.63) is 17.3 Å². The van der Waals surface area contributed by atoms with Crippen molar-refractivity contribution in [2.75, 3.05) is 0 Å². The summed E-state index contributed by atoms with van der Waals surface area (Å²) in [6.45, 7) is 0.109. The lowest BCUT2D eigenvalue weighted by Crippen LogP contribution is -2.04. The van der Waals surface area contributed by atoms with Crippen molar-refractivity contribution in [1.82, 2.24) is 4.98 Å². The summed E-state index contributed by atoms with van der Waals surface area (Å²) >= 11 is 0. The highest BCUT2D eigenvalue weighted by Gasteiger charge is 2.31. The van der Waals surface area contributed by atoms with Gasteiger partial charge in [-0.1, -0.05) is 0 Å². The zero-order valence-corrected chi connectivity index (χ0v) is 6.99. The van der Waals surface area contributed by atoms with Crippen LogP contribution in [0.3, 0.4) is 0 Å². The van der Waals surface area contributed by atoms with Crippen molar-refractivity contribution < 1.29 is 14.3 Å². The third-order valence-electron chi connectivity index (χ3n) is 2.03. The Hall–Kier alpha value is -1.36. The second-order valence-corrected chi connectivity index (χ2v) is 3.11. The van der Waals surface area contributed by atoms with Crippen LogP contribution in [0.25, 0.3) is 0 Å². The Kier molecular flexibility index (Phi) is 1.81. The molecule has 1 heterocycles. The Balaban J connectivity index is 2.36. The van der Waals surface area contributed by atoms with Gasteiger partial charge in [0.05, 0.1) is 0 Å². The maximum atomic E-state index is 10.6. The fourth-order valence-corrected chi connectivity index (χ4v) is 1.18. The zero-order chi connectivity index (χ0) is 9.42. The van der Waals surface area contributed by atoms with Gasteiger partial charge in [0.25, 0.3) is 0 Å². The number of hydrogen-bond donors (Lipinski definition) is 2. The highest BCUT2D eigenvalue weighted by molar-refractivity contribution is 5.85. The molecule has 13 heavy (non-hydrogen) atoms. The molecule has 70 valence electrons. The highest BCUT2D eigenvalue weighted by Crippen LogP contribution is 2.40. The van der Waals surface area contributed by atoms with Crippen LogP contribution in [-0.4, -0.2) is 16.1 Å². The Morgan fingerprint density at radius 1 is 1.69 bits per heavy atom. The minimum Gasteiger partial charge on any atom is -0.475 e. The molecular formula is C8H10N2O3. The summed E-state index contributed by atoms with van der Waals surface area (Å²) < 4.78 is 5.10. The Morgan fingerprint density at radius 2 is 2.38 bits per heavy atom. The molecule has 0 saturated heterocycles. The van der Waals surface area contributed by atoms with E-state index in [9.17, 15) is 4.79 Å². The number of carboxylic acids is 1. The van der Waals surface area contributed by atoms with Crippen LogP contribution < -0.4 is 5.73 Å². The van der Waals surface area contributed by atoms with Crippen molar-refractivity contribution in [3.8, 4) is 0 Å². The molecule has 0 unspecified atom stereocenters. The number of oxazole rings is 1. The van der Waals surface area contributed by atoms with Crippen LogP contribution in [0.15, 0.2) is 4.42 Å². The van der Waals surface area contributed by atoms with E-state index in [-0.39, 0.29) is 12.3 Å². The van der Waals surface area contributed by atoms with E-state index in [1.807, 2.05) is 0 Å². The topological polar surface area (TPSA) is 89.4 Å². The molecule has 1 saturated carbocycles. The van der Waals surface area contributed by atoms with E-state index in [0.717, 1.165) is 12.8 Å². The Morgan fingerprint density at radius 3 is 2.77 bits per heavy atom. The molecule has 0 spiro atoms. The molecule has 0 bridgehead atoms. The maximum Gasteiger partial charge on any atom is 0.373 e. The van der Waals surface area contributed by atoms with E-state index in [1.165, 1.54) is 0 Å². The van der Waals surface area contributed by atoms with Gasteiger partial charge in [-0.05, 0) is 12.8 Å². The van der Waals surface area contributed by atoms with Gasteiger partial charge >= 0.3 is 5.97 Å². The number of nitrogens with two attached hydrogens (primary N) is 1. The summed E-state index contributed by atoms with van der Waals surface area (Å²) in [6, 6.07) is 0. The lowest BCUT2D eigenvalue weighted by molar-refractivity contribution is 0.0659. The molecule has 5 heteroatoms. The number of rotatable bonds is 3. The molecular weight excluding hydrogens is 172 g/mol. The minimum atomic E-state index is -1.10. The number of nitrogens with zero attached hydrogens (tertiary/aromatic N) is 1. The smallest absolute Gasteiger partial charge is 0.373 e. The SMILES string of the molecule is NCc1nc(C2CC2)oc1C(=O)O. The number of hydrogen-bond acceptors (Lipinski definition) is 4. The van der Waals surface area contributed by atoms with Crippen molar-refractivity contribution >= 4 is 5.97 Å². The van der Waals surface area contributed by atoms with Gasteiger partial charge in [0, 0.05) is 12.5 Å². The lowest BCUT2D eigenvalue weighted by Gasteiger charge is -1.88. The molecule has 0 radical (unpaired) electrons. The predicted molar refractivity (Wildman–Crippen MR) is 43.3 cm³/mol. The van der Waals surface area contributed by atoms with E-state index in [0.29, 0.717) is 17.5 Å². The van der Waals surface area contributed by atoms with E-state index in [4.69, 9.17) is 15.3 Å². The molecule has 0 atom stereocenters. The Labute approximate surface area is 74.6 Å². The van der Waals surface area contributed by atoms with Gasteiger partial charge in [0.1, 0.15) is 5.69 Å². The molecule has 1 aromatic rings. The van der Waals surface area contributed by atoms with Gasteiger partial charge in [-0.2, -0.15) is 0 Å². The maximum absolute atomic E-state index is 10.6. The standard InChI is InChI=1S/C8H10N2O3/c9-3-5-6(8(11)12)13-7(10-5)4-1-2-4/h4H,1-3,9H2,(H,11,12). The molecule has 1 fully saturated rings. The van der Waals surface area contributed by atoms with Gasteiger partial charge in [0.2, 0.25) is 5.76 Å². The number of aromatic nitrogens is 1. The Bertz CT molecular complexity index is 341. The molecule has 0 aromatic carbocycles. The lowest BCUT2D eigenvalue weighted by atomic mass is 10.3. The van der Waals surface area contributed by atoms with Crippen molar-refractivity contribution in [3.63, 3.8) is 0 Å². The van der Waals surface area contributed by atoms with Crippen LogP contribution in [0.2, 0.25) is 0 Å². The van der Waals surface area contributed by atoms with Crippen LogP contribution in [0.5, 0.6) is 0 Å². The van der Waals surface area contributed by atoms with Crippen LogP contribution in [0.1, 0.15) is 40.9 Å². The van der Waals surface area contributed by atoms with Gasteiger partial charge in [-0.3, -0.25) is 0 Å². The molecule has 0 aliphatic heterocycles. The van der Waals surface area contributed by atoms with Crippen LogP contribution in [-0.2, 0) is 6.54 Å². The van der Waals surface area contributed by atoms with Crippen LogP contribution in [0.4, 0.5) is 0 Å². The first-order valence-electron chi connectivity index (χ1n) is 4.15. The molecule has 5 nitrogen and oxygen atoms in total. The zero-order valence-electron chi connectivity index (χ0n) is 6.99. The predicted octanol–water partition coefficient (Wildman–Crippen LogP) is 0.709.